The van der Waals surface area contributed by atoms with Gasteiger partial charge in [0.15, 0.2) is 5.66 Å². The number of aliphatic imine (C=N–C) groups is 2. The van der Waals surface area contributed by atoms with Crippen LogP contribution >= 0.6 is 0 Å². The van der Waals surface area contributed by atoms with Crippen molar-refractivity contribution in [1.29, 1.82) is 0 Å². The first kappa shape index (κ1) is 24.3. The normalized spacial score (nSPS) is 25.4. The van der Waals surface area contributed by atoms with Gasteiger partial charge in [0.25, 0.3) is 0 Å². The molecule has 182 valence electrons. The van der Waals surface area contributed by atoms with E-state index in [0.29, 0.717) is 42.5 Å². The first-order valence-electron chi connectivity index (χ1n) is 11.0. The largest absolute Gasteiger partial charge is 0.417 e. The van der Waals surface area contributed by atoms with Crippen molar-refractivity contribution in [3.05, 3.63) is 53.3 Å². The number of aromatic nitrogens is 1. The molecule has 5 nitrogen and oxygen atoms in total. The van der Waals surface area contributed by atoms with Crippen LogP contribution in [0.1, 0.15) is 49.3 Å². The molecule has 1 aliphatic heterocycles. The van der Waals surface area contributed by atoms with Crippen LogP contribution in [0.2, 0.25) is 0 Å². The molecule has 2 aromatic rings. The number of hydrogen-bond donors (Lipinski definition) is 1. The highest BCUT2D eigenvalue weighted by molar-refractivity contribution is 6.41. The van der Waals surface area contributed by atoms with E-state index in [4.69, 9.17) is 20.5 Å². The van der Waals surface area contributed by atoms with Gasteiger partial charge in [-0.2, -0.15) is 22.0 Å². The number of pyridine rings is 1. The Morgan fingerprint density at radius 3 is 2.29 bits per heavy atom. The molecule has 1 fully saturated rings. The molecular formula is C24H25F5N4O. The molecule has 10 heteroatoms. The molecule has 2 aliphatic rings. The number of nitrogens with two attached hydrogens (primary N) is 1. The molecule has 1 aromatic heterocycles. The zero-order valence-electron chi connectivity index (χ0n) is 18.7. The smallest absolute Gasteiger partial charge is 0.382 e. The summed E-state index contributed by atoms with van der Waals surface area (Å²) in [5.74, 6) is 0.158. The molecule has 4 rings (SSSR count). The van der Waals surface area contributed by atoms with Gasteiger partial charge in [-0.15, -0.1) is 0 Å². The highest BCUT2D eigenvalue weighted by Gasteiger charge is 2.46. The number of nitrogens with zero attached hydrogens (tertiary/aromatic N) is 3. The second kappa shape index (κ2) is 9.05. The van der Waals surface area contributed by atoms with Gasteiger partial charge in [-0.3, -0.25) is 9.98 Å². The van der Waals surface area contributed by atoms with Gasteiger partial charge >= 0.3 is 12.8 Å². The standard InChI is InChI=1S/C24H25F5N4O/c1-13-3-4-15(16-9-18(12-31-11-16)24(27,28)29)10-20(13)23(32-14(2)21(30)33-23)17-5-7-19(8-6-17)34-22(25)26/h3-4,9-12,17,19,22H,5-8H2,1-2H3,(H2,30,33). The molecular weight excluding hydrogens is 455 g/mol. The SMILES string of the molecule is CC1=NC(c2cc(-c3cncc(C(F)(F)F)c3)ccc2C)(C2CCC(OC(F)F)CC2)N=C1N. The maximum absolute atomic E-state index is 13.2. The van der Waals surface area contributed by atoms with Gasteiger partial charge in [0.1, 0.15) is 5.84 Å². The van der Waals surface area contributed by atoms with Crippen LogP contribution in [0.3, 0.4) is 0 Å². The highest BCUT2D eigenvalue weighted by atomic mass is 19.4. The number of aryl methyl sites for hydroxylation is 1. The summed E-state index contributed by atoms with van der Waals surface area (Å²) < 4.78 is 69.7. The fourth-order valence-corrected chi connectivity index (χ4v) is 4.82. The fraction of sp³-hybridized carbons (Fsp3) is 0.458. The van der Waals surface area contributed by atoms with E-state index >= 15 is 0 Å². The lowest BCUT2D eigenvalue weighted by Gasteiger charge is -2.38. The average molecular weight is 480 g/mol. The van der Waals surface area contributed by atoms with Gasteiger partial charge in [0, 0.05) is 29.4 Å². The zero-order chi connectivity index (χ0) is 24.7. The van der Waals surface area contributed by atoms with Gasteiger partial charge in [0.2, 0.25) is 0 Å². The van der Waals surface area contributed by atoms with Crippen LogP contribution < -0.4 is 5.73 Å². The maximum Gasteiger partial charge on any atom is 0.417 e. The summed E-state index contributed by atoms with van der Waals surface area (Å²) in [4.78, 5) is 13.3. The van der Waals surface area contributed by atoms with E-state index in [1.165, 1.54) is 6.20 Å². The molecule has 1 unspecified atom stereocenters. The van der Waals surface area contributed by atoms with Crippen LogP contribution in [-0.4, -0.2) is 29.2 Å². The van der Waals surface area contributed by atoms with E-state index in [-0.39, 0.29) is 11.8 Å². The van der Waals surface area contributed by atoms with Crippen molar-refractivity contribution in [2.75, 3.05) is 0 Å². The van der Waals surface area contributed by atoms with Gasteiger partial charge in [-0.05, 0) is 62.8 Å². The Bertz CT molecular complexity index is 1100. The van der Waals surface area contributed by atoms with E-state index in [2.05, 4.69) is 4.98 Å². The van der Waals surface area contributed by atoms with Crippen molar-refractivity contribution in [2.24, 2.45) is 21.6 Å². The van der Waals surface area contributed by atoms with Crippen molar-refractivity contribution in [1.82, 2.24) is 4.98 Å². The molecule has 1 saturated carbocycles. The summed E-state index contributed by atoms with van der Waals surface area (Å²) in [5.41, 5.74) is 7.21. The van der Waals surface area contributed by atoms with E-state index in [1.54, 1.807) is 19.1 Å². The fourth-order valence-electron chi connectivity index (χ4n) is 4.82. The lowest BCUT2D eigenvalue weighted by Crippen LogP contribution is -2.36. The average Bonchev–Trinajstić information content (AvgIpc) is 3.08. The van der Waals surface area contributed by atoms with Crippen molar-refractivity contribution in [3.63, 3.8) is 0 Å². The third-order valence-electron chi connectivity index (χ3n) is 6.57. The molecule has 0 bridgehead atoms. The number of alkyl halides is 5. The molecule has 2 N–H and O–H groups in total. The third kappa shape index (κ3) is 4.68. The minimum absolute atomic E-state index is 0.130. The quantitative estimate of drug-likeness (QED) is 0.545. The molecule has 1 atom stereocenters. The zero-order valence-corrected chi connectivity index (χ0v) is 18.7. The van der Waals surface area contributed by atoms with Gasteiger partial charge < -0.3 is 10.5 Å². The second-order valence-corrected chi connectivity index (χ2v) is 8.78. The van der Waals surface area contributed by atoms with Gasteiger partial charge in [-0.1, -0.05) is 12.1 Å². The summed E-state index contributed by atoms with van der Waals surface area (Å²) in [5, 5.41) is 0. The summed E-state index contributed by atoms with van der Waals surface area (Å²) in [6.07, 6.45) is -0.945. The van der Waals surface area contributed by atoms with Crippen molar-refractivity contribution in [3.8, 4) is 11.1 Å². The van der Waals surface area contributed by atoms with Crippen LogP contribution in [0.5, 0.6) is 0 Å². The Morgan fingerprint density at radius 1 is 1.00 bits per heavy atom. The number of hydrogen-bond acceptors (Lipinski definition) is 5. The number of halogens is 5. The summed E-state index contributed by atoms with van der Waals surface area (Å²) in [7, 11) is 0. The number of rotatable bonds is 5. The number of amidine groups is 1. The van der Waals surface area contributed by atoms with Crippen LogP contribution in [0, 0.1) is 12.8 Å². The molecule has 1 aliphatic carbocycles. The molecule has 0 amide bonds. The van der Waals surface area contributed by atoms with Crippen LogP contribution in [0.15, 0.2) is 46.6 Å². The lowest BCUT2D eigenvalue weighted by molar-refractivity contribution is -0.172. The van der Waals surface area contributed by atoms with Crippen LogP contribution in [0.4, 0.5) is 22.0 Å². The predicted molar refractivity (Wildman–Crippen MR) is 119 cm³/mol. The molecule has 0 spiro atoms. The molecule has 0 saturated heterocycles. The Labute approximate surface area is 194 Å². The Hall–Kier alpha value is -2.88. The third-order valence-corrected chi connectivity index (χ3v) is 6.57. The van der Waals surface area contributed by atoms with E-state index in [0.717, 1.165) is 23.4 Å². The molecule has 1 aromatic carbocycles. The van der Waals surface area contributed by atoms with Crippen molar-refractivity contribution in [2.45, 2.75) is 64.1 Å². The molecule has 2 heterocycles. The van der Waals surface area contributed by atoms with Crippen molar-refractivity contribution >= 4 is 11.5 Å². The van der Waals surface area contributed by atoms with E-state index in [1.807, 2.05) is 13.0 Å². The van der Waals surface area contributed by atoms with Crippen molar-refractivity contribution < 1.29 is 26.7 Å². The topological polar surface area (TPSA) is 72.9 Å². The van der Waals surface area contributed by atoms with Gasteiger partial charge in [-0.25, -0.2) is 4.99 Å². The summed E-state index contributed by atoms with van der Waals surface area (Å²) >= 11 is 0. The number of benzene rings is 1. The first-order valence-corrected chi connectivity index (χ1v) is 11.0. The monoisotopic (exact) mass is 480 g/mol. The molecule has 34 heavy (non-hydrogen) atoms. The minimum atomic E-state index is -4.51. The van der Waals surface area contributed by atoms with Gasteiger partial charge in [0.05, 0.1) is 17.4 Å². The Morgan fingerprint density at radius 2 is 1.71 bits per heavy atom. The Kier molecular flexibility index (Phi) is 6.46. The summed E-state index contributed by atoms with van der Waals surface area (Å²) in [6.45, 7) is 0.809. The second-order valence-electron chi connectivity index (χ2n) is 8.78. The first-order chi connectivity index (χ1) is 16.0. The number of ether oxygens (including phenoxy) is 1. The lowest BCUT2D eigenvalue weighted by atomic mass is 9.74. The van der Waals surface area contributed by atoms with E-state index in [9.17, 15) is 22.0 Å². The predicted octanol–water partition coefficient (Wildman–Crippen LogP) is 5.86. The minimum Gasteiger partial charge on any atom is -0.382 e. The van der Waals surface area contributed by atoms with Crippen LogP contribution in [0.25, 0.3) is 11.1 Å². The Balaban J connectivity index is 1.75. The molecule has 0 radical (unpaired) electrons. The summed E-state index contributed by atoms with van der Waals surface area (Å²) in [6, 6.07) is 6.39. The maximum atomic E-state index is 13.2. The van der Waals surface area contributed by atoms with E-state index < -0.39 is 30.1 Å². The van der Waals surface area contributed by atoms with Crippen LogP contribution in [-0.2, 0) is 16.6 Å². The highest BCUT2D eigenvalue weighted by Crippen LogP contribution is 2.48.